The molecular weight excluding hydrogens is 492 g/mol. The molecule has 8 heteroatoms. The van der Waals surface area contributed by atoms with Crippen LogP contribution in [0.5, 0.6) is 5.75 Å². The van der Waals surface area contributed by atoms with Gasteiger partial charge in [0.05, 0.1) is 9.13 Å². The lowest BCUT2D eigenvalue weighted by molar-refractivity contribution is -0.139. The van der Waals surface area contributed by atoms with Gasteiger partial charge < -0.3 is 20.3 Å². The molecule has 0 saturated carbocycles. The normalized spacial score (nSPS) is 11.9. The maximum absolute atomic E-state index is 12.1. The minimum Gasteiger partial charge on any atom is -0.506 e. The first-order valence-electron chi connectivity index (χ1n) is 5.57. The van der Waals surface area contributed by atoms with Crippen molar-refractivity contribution in [2.75, 3.05) is 13.7 Å². The van der Waals surface area contributed by atoms with Gasteiger partial charge in [0.25, 0.3) is 5.91 Å². The van der Waals surface area contributed by atoms with E-state index in [9.17, 15) is 14.7 Å². The van der Waals surface area contributed by atoms with E-state index in [1.165, 1.54) is 13.2 Å². The van der Waals surface area contributed by atoms with E-state index in [1.54, 1.807) is 6.07 Å². The highest BCUT2D eigenvalue weighted by molar-refractivity contribution is 14.1. The van der Waals surface area contributed by atoms with Crippen molar-refractivity contribution in [1.82, 2.24) is 5.32 Å². The number of carboxylic acid groups (broad SMARTS) is 1. The molecule has 0 bridgehead atoms. The standard InChI is InChI=1S/C12H13I2NO5/c1-20-3-2-9(12(18)19)15-11(17)7-4-6(13)5-8(14)10(7)16/h4-5,9,16H,2-3H2,1H3,(H,15,17)(H,18,19). The molecule has 0 aromatic heterocycles. The number of aromatic hydroxyl groups is 1. The van der Waals surface area contributed by atoms with Crippen molar-refractivity contribution in [1.29, 1.82) is 0 Å². The van der Waals surface area contributed by atoms with Crippen LogP contribution >= 0.6 is 45.2 Å². The van der Waals surface area contributed by atoms with Crippen LogP contribution in [-0.4, -0.2) is 41.8 Å². The van der Waals surface area contributed by atoms with Crippen LogP contribution in [0.1, 0.15) is 16.8 Å². The van der Waals surface area contributed by atoms with Crippen molar-refractivity contribution < 1.29 is 24.5 Å². The van der Waals surface area contributed by atoms with Crippen LogP contribution in [0.2, 0.25) is 0 Å². The highest BCUT2D eigenvalue weighted by Gasteiger charge is 2.22. The van der Waals surface area contributed by atoms with E-state index in [0.29, 0.717) is 3.57 Å². The summed E-state index contributed by atoms with van der Waals surface area (Å²) in [5.41, 5.74) is 0.0602. The molecule has 1 amide bonds. The van der Waals surface area contributed by atoms with Gasteiger partial charge in [-0.3, -0.25) is 4.79 Å². The van der Waals surface area contributed by atoms with Crippen LogP contribution in [0.25, 0.3) is 0 Å². The lowest BCUT2D eigenvalue weighted by atomic mass is 10.1. The summed E-state index contributed by atoms with van der Waals surface area (Å²) in [6, 6.07) is 2.16. The Bertz CT molecular complexity index is 521. The van der Waals surface area contributed by atoms with Gasteiger partial charge in [0, 0.05) is 23.7 Å². The van der Waals surface area contributed by atoms with E-state index in [1.807, 2.05) is 45.2 Å². The fourth-order valence-electron chi connectivity index (χ4n) is 1.47. The van der Waals surface area contributed by atoms with Crippen LogP contribution < -0.4 is 5.32 Å². The topological polar surface area (TPSA) is 95.9 Å². The van der Waals surface area contributed by atoms with Gasteiger partial charge in [-0.25, -0.2) is 4.79 Å². The SMILES string of the molecule is COCCC(NC(=O)c1cc(I)cc(I)c1O)C(=O)O. The molecule has 1 atom stereocenters. The van der Waals surface area contributed by atoms with Crippen molar-refractivity contribution in [3.63, 3.8) is 0 Å². The number of nitrogens with one attached hydrogen (secondary N) is 1. The van der Waals surface area contributed by atoms with Gasteiger partial charge in [-0.2, -0.15) is 0 Å². The van der Waals surface area contributed by atoms with Gasteiger partial charge in [-0.15, -0.1) is 0 Å². The minimum atomic E-state index is -1.14. The molecule has 3 N–H and O–H groups in total. The summed E-state index contributed by atoms with van der Waals surface area (Å²) >= 11 is 3.93. The number of hydrogen-bond acceptors (Lipinski definition) is 4. The third-order valence-electron chi connectivity index (χ3n) is 2.49. The number of aliphatic carboxylic acids is 1. The van der Waals surface area contributed by atoms with Crippen molar-refractivity contribution in [3.05, 3.63) is 24.8 Å². The van der Waals surface area contributed by atoms with Crippen molar-refractivity contribution >= 4 is 57.1 Å². The number of carboxylic acids is 1. The summed E-state index contributed by atoms with van der Waals surface area (Å²) < 4.78 is 6.11. The highest BCUT2D eigenvalue weighted by Crippen LogP contribution is 2.27. The Morgan fingerprint density at radius 2 is 2.05 bits per heavy atom. The number of carbonyl (C=O) groups excluding carboxylic acids is 1. The van der Waals surface area contributed by atoms with Crippen LogP contribution in [0.15, 0.2) is 12.1 Å². The predicted molar refractivity (Wildman–Crippen MR) is 88.9 cm³/mol. The van der Waals surface area contributed by atoms with E-state index >= 15 is 0 Å². The molecule has 0 heterocycles. The lowest BCUT2D eigenvalue weighted by Crippen LogP contribution is -2.41. The van der Waals surface area contributed by atoms with Gasteiger partial charge in [0.15, 0.2) is 0 Å². The summed E-state index contributed by atoms with van der Waals surface area (Å²) in [5, 5.41) is 21.3. The molecule has 6 nitrogen and oxygen atoms in total. The molecule has 0 aliphatic heterocycles. The van der Waals surface area contributed by atoms with Crippen LogP contribution in [0, 0.1) is 7.14 Å². The third-order valence-corrected chi connectivity index (χ3v) is 3.93. The second-order valence-electron chi connectivity index (χ2n) is 3.93. The zero-order valence-corrected chi connectivity index (χ0v) is 14.8. The summed E-state index contributed by atoms with van der Waals surface area (Å²) in [7, 11) is 1.45. The number of phenolic OH excluding ortho intramolecular Hbond substituents is 1. The van der Waals surface area contributed by atoms with Crippen LogP contribution in [0.3, 0.4) is 0 Å². The first-order chi connectivity index (χ1) is 9.36. The number of methoxy groups -OCH3 is 1. The van der Waals surface area contributed by atoms with E-state index in [2.05, 4.69) is 5.32 Å². The summed E-state index contributed by atoms with van der Waals surface area (Å²) in [5.74, 6) is -1.92. The lowest BCUT2D eigenvalue weighted by Gasteiger charge is -2.15. The molecule has 1 aromatic rings. The molecule has 0 saturated heterocycles. The Morgan fingerprint density at radius 3 is 2.60 bits per heavy atom. The molecule has 20 heavy (non-hydrogen) atoms. The molecule has 110 valence electrons. The number of halogens is 2. The Labute approximate surface area is 143 Å². The van der Waals surface area contributed by atoms with Crippen molar-refractivity contribution in [3.8, 4) is 5.75 Å². The average molecular weight is 505 g/mol. The quantitative estimate of drug-likeness (QED) is 0.514. The predicted octanol–water partition coefficient (Wildman–Crippen LogP) is 1.82. The Balaban J connectivity index is 2.92. The maximum Gasteiger partial charge on any atom is 0.326 e. The molecule has 0 aliphatic rings. The van der Waals surface area contributed by atoms with Gasteiger partial charge >= 0.3 is 5.97 Å². The zero-order chi connectivity index (χ0) is 15.3. The molecule has 1 aromatic carbocycles. The number of amides is 1. The molecule has 1 rings (SSSR count). The largest absolute Gasteiger partial charge is 0.506 e. The zero-order valence-electron chi connectivity index (χ0n) is 10.5. The van der Waals surface area contributed by atoms with Gasteiger partial charge in [-0.05, 0) is 57.3 Å². The van der Waals surface area contributed by atoms with E-state index in [-0.39, 0.29) is 24.3 Å². The molecule has 0 spiro atoms. The summed E-state index contributed by atoms with van der Waals surface area (Å²) in [6.07, 6.45) is 0.152. The Kier molecular flexibility index (Phi) is 6.95. The Hall–Kier alpha value is -0.620. The number of carbonyl (C=O) groups is 2. The second-order valence-corrected chi connectivity index (χ2v) is 6.34. The number of hydrogen-bond donors (Lipinski definition) is 3. The molecule has 0 aliphatic carbocycles. The number of ether oxygens (including phenoxy) is 1. The summed E-state index contributed by atoms with van der Waals surface area (Å²) in [4.78, 5) is 23.1. The van der Waals surface area contributed by atoms with Gasteiger partial charge in [0.2, 0.25) is 0 Å². The van der Waals surface area contributed by atoms with Crippen LogP contribution in [0.4, 0.5) is 0 Å². The maximum atomic E-state index is 12.1. The first kappa shape index (κ1) is 17.4. The second kappa shape index (κ2) is 7.98. The first-order valence-corrected chi connectivity index (χ1v) is 7.73. The fourth-order valence-corrected chi connectivity index (χ4v) is 3.31. The molecule has 0 fully saturated rings. The molecule has 0 radical (unpaired) electrons. The van der Waals surface area contributed by atoms with Gasteiger partial charge in [0.1, 0.15) is 11.8 Å². The molecular formula is C12H13I2NO5. The number of rotatable bonds is 6. The number of benzene rings is 1. The van der Waals surface area contributed by atoms with Crippen LogP contribution in [-0.2, 0) is 9.53 Å². The fraction of sp³-hybridized carbons (Fsp3) is 0.333. The monoisotopic (exact) mass is 505 g/mol. The van der Waals surface area contributed by atoms with E-state index in [0.717, 1.165) is 3.57 Å². The minimum absolute atomic E-state index is 0.0602. The smallest absolute Gasteiger partial charge is 0.326 e. The van der Waals surface area contributed by atoms with E-state index < -0.39 is 17.9 Å². The summed E-state index contributed by atoms with van der Waals surface area (Å²) in [6.45, 7) is 0.215. The number of phenols is 1. The Morgan fingerprint density at radius 1 is 1.40 bits per heavy atom. The van der Waals surface area contributed by atoms with E-state index in [4.69, 9.17) is 9.84 Å². The van der Waals surface area contributed by atoms with Crippen molar-refractivity contribution in [2.45, 2.75) is 12.5 Å². The third kappa shape index (κ3) is 4.74. The molecule has 1 unspecified atom stereocenters. The van der Waals surface area contributed by atoms with Crippen molar-refractivity contribution in [2.24, 2.45) is 0 Å². The average Bonchev–Trinajstić information content (AvgIpc) is 2.38. The van der Waals surface area contributed by atoms with Gasteiger partial charge in [-0.1, -0.05) is 0 Å². The highest BCUT2D eigenvalue weighted by atomic mass is 127.